The summed E-state index contributed by atoms with van der Waals surface area (Å²) in [5, 5.41) is 2.86. The number of nitrogens with one attached hydrogen (secondary N) is 1. The summed E-state index contributed by atoms with van der Waals surface area (Å²) in [6, 6.07) is 15.2. The summed E-state index contributed by atoms with van der Waals surface area (Å²) in [7, 11) is 0. The molecule has 0 saturated heterocycles. The molecule has 170 valence electrons. The van der Waals surface area contributed by atoms with E-state index in [4.69, 9.17) is 0 Å². The van der Waals surface area contributed by atoms with Crippen molar-refractivity contribution in [2.45, 2.75) is 38.4 Å². The molecule has 0 atom stereocenters. The van der Waals surface area contributed by atoms with E-state index in [1.165, 1.54) is 19.1 Å². The highest BCUT2D eigenvalue weighted by Gasteiger charge is 2.53. The molecule has 33 heavy (non-hydrogen) atoms. The summed E-state index contributed by atoms with van der Waals surface area (Å²) in [4.78, 5) is 29.5. The Kier molecular flexibility index (Phi) is 4.70. The number of fused-ring (bicyclic) bond motifs is 1. The number of hydrogen-bond donors (Lipinski definition) is 1. The van der Waals surface area contributed by atoms with Gasteiger partial charge in [-0.15, -0.1) is 8.78 Å². The molecule has 0 spiro atoms. The zero-order valence-corrected chi connectivity index (χ0v) is 17.9. The first-order chi connectivity index (χ1) is 15.7. The number of hydrogen-bond acceptors (Lipinski definition) is 5. The van der Waals surface area contributed by atoms with E-state index >= 15 is 0 Å². The van der Waals surface area contributed by atoms with Crippen molar-refractivity contribution in [3.05, 3.63) is 71.3 Å². The molecule has 1 saturated carbocycles. The molecule has 2 aromatic carbocycles. The van der Waals surface area contributed by atoms with Crippen molar-refractivity contribution in [2.75, 3.05) is 5.32 Å². The van der Waals surface area contributed by atoms with E-state index in [9.17, 15) is 18.4 Å². The number of carbonyl (C=O) groups is 2. The molecule has 0 bridgehead atoms. The van der Waals surface area contributed by atoms with Crippen molar-refractivity contribution >= 4 is 17.5 Å². The van der Waals surface area contributed by atoms with Crippen LogP contribution in [0.2, 0.25) is 0 Å². The predicted octanol–water partition coefficient (Wildman–Crippen LogP) is 5.50. The van der Waals surface area contributed by atoms with E-state index in [-0.39, 0.29) is 24.6 Å². The number of carbonyl (C=O) groups excluding carboxylic acids is 2. The van der Waals surface area contributed by atoms with Crippen molar-refractivity contribution in [1.82, 2.24) is 4.98 Å². The predicted molar refractivity (Wildman–Crippen MR) is 119 cm³/mol. The maximum Gasteiger partial charge on any atom is 0.586 e. The van der Waals surface area contributed by atoms with Gasteiger partial charge in [-0.25, -0.2) is 4.98 Å². The van der Waals surface area contributed by atoms with Gasteiger partial charge >= 0.3 is 6.29 Å². The number of ether oxygens (including phenoxy) is 2. The molecule has 2 heterocycles. The number of rotatable bonds is 5. The minimum Gasteiger partial charge on any atom is -0.395 e. The van der Waals surface area contributed by atoms with Crippen molar-refractivity contribution < 1.29 is 29.3 Å². The van der Waals surface area contributed by atoms with Gasteiger partial charge in [-0.3, -0.25) is 9.59 Å². The monoisotopic (exact) mass is 452 g/mol. The Morgan fingerprint density at radius 3 is 2.52 bits per heavy atom. The minimum atomic E-state index is -3.71. The third kappa shape index (κ3) is 3.82. The average Bonchev–Trinajstić information content (AvgIpc) is 3.52. The van der Waals surface area contributed by atoms with Gasteiger partial charge in [0.2, 0.25) is 5.91 Å². The largest absolute Gasteiger partial charge is 0.586 e. The minimum absolute atomic E-state index is 0. The highest BCUT2D eigenvalue weighted by molar-refractivity contribution is 6.01. The molecule has 3 aromatic rings. The van der Waals surface area contributed by atoms with Crippen LogP contribution in [0.3, 0.4) is 0 Å². The van der Waals surface area contributed by atoms with Crippen molar-refractivity contribution in [1.29, 1.82) is 0 Å². The fourth-order valence-electron chi connectivity index (χ4n) is 4.03. The van der Waals surface area contributed by atoms with Crippen LogP contribution in [0.5, 0.6) is 11.5 Å². The Balaban J connectivity index is 0.00000274. The van der Waals surface area contributed by atoms with Gasteiger partial charge in [-0.05, 0) is 62.1 Å². The fourth-order valence-corrected chi connectivity index (χ4v) is 4.03. The lowest BCUT2D eigenvalue weighted by atomic mass is 9.94. The van der Waals surface area contributed by atoms with E-state index in [0.29, 0.717) is 35.5 Å². The van der Waals surface area contributed by atoms with Crippen LogP contribution in [-0.4, -0.2) is 23.0 Å². The number of aromatic nitrogens is 1. The third-order valence-electron chi connectivity index (χ3n) is 6.02. The maximum absolute atomic E-state index is 13.4. The van der Waals surface area contributed by atoms with Crippen LogP contribution in [0.25, 0.3) is 11.3 Å². The van der Waals surface area contributed by atoms with Crippen LogP contribution in [0.15, 0.2) is 54.6 Å². The molecule has 0 radical (unpaired) electrons. The molecule has 0 unspecified atom stereocenters. The molecule has 1 aliphatic carbocycles. The summed E-state index contributed by atoms with van der Waals surface area (Å²) in [6.07, 6.45) is -2.55. The first kappa shape index (κ1) is 21.1. The molecule has 2 aliphatic rings. The molecular weight excluding hydrogens is 430 g/mol. The number of alkyl halides is 2. The van der Waals surface area contributed by atoms with E-state index in [0.717, 1.165) is 11.1 Å². The first-order valence-electron chi connectivity index (χ1n) is 10.5. The number of nitrogens with zero attached hydrogens (tertiary/aromatic N) is 1. The fraction of sp³-hybridized carbons (Fsp3) is 0.240. The second-order valence-electron chi connectivity index (χ2n) is 8.36. The quantitative estimate of drug-likeness (QED) is 0.518. The Labute approximate surface area is 190 Å². The smallest absolute Gasteiger partial charge is 0.395 e. The molecule has 6 nitrogen and oxygen atoms in total. The summed E-state index contributed by atoms with van der Waals surface area (Å²) < 4.78 is 35.7. The molecular formula is C25H22F2N2O4. The zero-order chi connectivity index (χ0) is 23.4. The normalized spacial score (nSPS) is 16.8. The lowest BCUT2D eigenvalue weighted by molar-refractivity contribution is -0.286. The number of halogens is 2. The number of ketones is 1. The summed E-state index contributed by atoms with van der Waals surface area (Å²) in [6.45, 7) is 3.40. The second-order valence-corrected chi connectivity index (χ2v) is 8.36. The van der Waals surface area contributed by atoms with E-state index in [1.54, 1.807) is 30.3 Å². The number of benzene rings is 2. The number of anilines is 1. The zero-order valence-electron chi connectivity index (χ0n) is 17.9. The van der Waals surface area contributed by atoms with Crippen LogP contribution in [0, 0.1) is 6.92 Å². The molecule has 1 aliphatic heterocycles. The van der Waals surface area contributed by atoms with Crippen LogP contribution < -0.4 is 14.8 Å². The summed E-state index contributed by atoms with van der Waals surface area (Å²) >= 11 is 0. The highest BCUT2D eigenvalue weighted by atomic mass is 19.3. The lowest BCUT2D eigenvalue weighted by Crippen LogP contribution is -2.28. The van der Waals surface area contributed by atoms with Gasteiger partial charge in [-0.1, -0.05) is 30.3 Å². The summed E-state index contributed by atoms with van der Waals surface area (Å²) in [5.41, 5.74) is 2.65. The SMILES string of the molecule is CC(=O)c1cccc(-c2nc(NC(=O)C3(c4ccc5c(c4)OC(F)(F)O5)CC3)ccc2C)c1.[HH]. The lowest BCUT2D eigenvalue weighted by Gasteiger charge is -2.17. The van der Waals surface area contributed by atoms with E-state index < -0.39 is 11.7 Å². The van der Waals surface area contributed by atoms with Gasteiger partial charge in [0.15, 0.2) is 17.3 Å². The molecule has 1 aromatic heterocycles. The number of pyridine rings is 1. The number of amides is 1. The van der Waals surface area contributed by atoms with Gasteiger partial charge in [0.05, 0.1) is 11.1 Å². The Morgan fingerprint density at radius 1 is 1.03 bits per heavy atom. The standard InChI is InChI=1S/C25H20F2N2O4.H2/c1-14-6-9-21(28-22(14)17-5-3-4-16(12-17)15(2)30)29-23(31)24(10-11-24)18-7-8-19-20(13-18)33-25(26,27)32-19;/h3-9,12-13H,10-11H2,1-2H3,(H,28,29,31);1H. The van der Waals surface area contributed by atoms with Crippen LogP contribution in [-0.2, 0) is 10.2 Å². The Bertz CT molecular complexity index is 1310. The van der Waals surface area contributed by atoms with Crippen LogP contribution >= 0.6 is 0 Å². The van der Waals surface area contributed by atoms with Gasteiger partial charge in [0.25, 0.3) is 0 Å². The van der Waals surface area contributed by atoms with Crippen LogP contribution in [0.4, 0.5) is 14.6 Å². The van der Waals surface area contributed by atoms with Gasteiger partial charge in [-0.2, -0.15) is 0 Å². The van der Waals surface area contributed by atoms with E-state index in [1.807, 2.05) is 19.1 Å². The maximum atomic E-state index is 13.4. The van der Waals surface area contributed by atoms with Crippen molar-refractivity contribution in [2.24, 2.45) is 0 Å². The number of Topliss-reactive ketones (excluding diaryl/α,β-unsaturated/α-hetero) is 1. The van der Waals surface area contributed by atoms with Crippen LogP contribution in [0.1, 0.15) is 42.7 Å². The second kappa shape index (κ2) is 7.37. The number of aryl methyl sites for hydroxylation is 1. The molecule has 8 heteroatoms. The molecule has 1 amide bonds. The van der Waals surface area contributed by atoms with E-state index in [2.05, 4.69) is 19.8 Å². The van der Waals surface area contributed by atoms with Gasteiger partial charge in [0, 0.05) is 12.6 Å². The average molecular weight is 452 g/mol. The topological polar surface area (TPSA) is 77.5 Å². The van der Waals surface area contributed by atoms with Gasteiger partial charge in [0.1, 0.15) is 5.82 Å². The van der Waals surface area contributed by atoms with Crippen molar-refractivity contribution in [3.63, 3.8) is 0 Å². The molecule has 1 N–H and O–H groups in total. The summed E-state index contributed by atoms with van der Waals surface area (Å²) in [5.74, 6) is -0.0910. The first-order valence-corrected chi connectivity index (χ1v) is 10.5. The molecule has 1 fully saturated rings. The van der Waals surface area contributed by atoms with Gasteiger partial charge < -0.3 is 14.8 Å². The molecule has 5 rings (SSSR count). The Morgan fingerprint density at radius 2 is 1.79 bits per heavy atom. The highest BCUT2D eigenvalue weighted by Crippen LogP contribution is 2.52. The third-order valence-corrected chi connectivity index (χ3v) is 6.02. The van der Waals surface area contributed by atoms with Crippen molar-refractivity contribution in [3.8, 4) is 22.8 Å². The Hall–Kier alpha value is -3.81.